The van der Waals surface area contributed by atoms with Crippen LogP contribution in [-0.2, 0) is 11.2 Å². The molecule has 1 N–H and O–H groups in total. The Morgan fingerprint density at radius 1 is 1.17 bits per heavy atom. The third-order valence-electron chi connectivity index (χ3n) is 3.42. The summed E-state index contributed by atoms with van der Waals surface area (Å²) in [4.78, 5) is 11.9. The van der Waals surface area contributed by atoms with Gasteiger partial charge in [-0.15, -0.1) is 0 Å². The summed E-state index contributed by atoms with van der Waals surface area (Å²) in [6.45, 7) is 8.28. The lowest BCUT2D eigenvalue weighted by Crippen LogP contribution is -2.31. The Bertz CT molecular complexity index is 369. The van der Waals surface area contributed by atoms with Crippen molar-refractivity contribution in [2.24, 2.45) is 5.92 Å². The average Bonchev–Trinajstić information content (AvgIpc) is 2.39. The number of rotatable bonds is 6. The van der Waals surface area contributed by atoms with Gasteiger partial charge in [-0.2, -0.15) is 0 Å². The van der Waals surface area contributed by atoms with Crippen molar-refractivity contribution < 1.29 is 4.79 Å². The monoisotopic (exact) mass is 247 g/mol. The molecule has 0 aliphatic heterocycles. The first-order chi connectivity index (χ1) is 8.58. The Kier molecular flexibility index (Phi) is 5.90. The van der Waals surface area contributed by atoms with E-state index in [1.54, 1.807) is 0 Å². The van der Waals surface area contributed by atoms with E-state index in [1.165, 1.54) is 11.1 Å². The van der Waals surface area contributed by atoms with E-state index in [1.807, 2.05) is 13.8 Å². The molecular weight excluding hydrogens is 222 g/mol. The van der Waals surface area contributed by atoms with Gasteiger partial charge in [-0.05, 0) is 30.9 Å². The van der Waals surface area contributed by atoms with Gasteiger partial charge in [-0.3, -0.25) is 4.79 Å². The molecule has 1 amide bonds. The van der Waals surface area contributed by atoms with E-state index in [0.29, 0.717) is 0 Å². The highest BCUT2D eigenvalue weighted by Gasteiger charge is 2.15. The molecule has 1 aromatic carbocycles. The fraction of sp³-hybridized carbons (Fsp3) is 0.562. The van der Waals surface area contributed by atoms with Gasteiger partial charge in [-0.1, -0.05) is 51.5 Å². The molecule has 2 atom stereocenters. The molecule has 2 nitrogen and oxygen atoms in total. The predicted molar refractivity (Wildman–Crippen MR) is 76.4 cm³/mol. The molecule has 0 bridgehead atoms. The van der Waals surface area contributed by atoms with Crippen LogP contribution in [0.4, 0.5) is 0 Å². The fourth-order valence-electron chi connectivity index (χ4n) is 2.05. The number of carbonyl (C=O) groups excluding carboxylic acids is 1. The van der Waals surface area contributed by atoms with Crippen LogP contribution in [0.3, 0.4) is 0 Å². The Balaban J connectivity index is 2.58. The topological polar surface area (TPSA) is 29.1 Å². The number of carbonyl (C=O) groups is 1. The highest BCUT2D eigenvalue weighted by Crippen LogP contribution is 2.15. The summed E-state index contributed by atoms with van der Waals surface area (Å²) in [5.74, 6) is 0.260. The first-order valence-electron chi connectivity index (χ1n) is 6.97. The lowest BCUT2D eigenvalue weighted by atomic mass is 10.0. The molecule has 2 unspecified atom stereocenters. The molecule has 0 spiro atoms. The molecule has 0 aromatic heterocycles. The van der Waals surface area contributed by atoms with Crippen LogP contribution in [0.25, 0.3) is 0 Å². The maximum atomic E-state index is 11.9. The lowest BCUT2D eigenvalue weighted by Gasteiger charge is -2.18. The molecule has 0 aliphatic carbocycles. The molecule has 1 aromatic rings. The molecule has 0 heterocycles. The van der Waals surface area contributed by atoms with Crippen molar-refractivity contribution in [1.29, 1.82) is 0 Å². The van der Waals surface area contributed by atoms with E-state index in [4.69, 9.17) is 0 Å². The summed E-state index contributed by atoms with van der Waals surface area (Å²) in [6.07, 6.45) is 3.05. The van der Waals surface area contributed by atoms with E-state index >= 15 is 0 Å². The lowest BCUT2D eigenvalue weighted by molar-refractivity contribution is -0.125. The normalized spacial score (nSPS) is 14.0. The highest BCUT2D eigenvalue weighted by molar-refractivity contribution is 5.78. The summed E-state index contributed by atoms with van der Waals surface area (Å²) in [7, 11) is 0. The minimum Gasteiger partial charge on any atom is -0.349 e. The average molecular weight is 247 g/mol. The van der Waals surface area contributed by atoms with E-state index in [0.717, 1.165) is 19.3 Å². The van der Waals surface area contributed by atoms with E-state index in [9.17, 15) is 4.79 Å². The Morgan fingerprint density at radius 3 is 2.28 bits per heavy atom. The van der Waals surface area contributed by atoms with Crippen LogP contribution in [0, 0.1) is 5.92 Å². The number of nitrogens with one attached hydrogen (secondary N) is 1. The second-order valence-corrected chi connectivity index (χ2v) is 5.02. The van der Waals surface area contributed by atoms with Crippen molar-refractivity contribution in [3.05, 3.63) is 35.4 Å². The second-order valence-electron chi connectivity index (χ2n) is 5.02. The van der Waals surface area contributed by atoms with Crippen LogP contribution in [0.15, 0.2) is 24.3 Å². The molecule has 18 heavy (non-hydrogen) atoms. The molecule has 1 rings (SSSR count). The molecular formula is C16H25NO. The van der Waals surface area contributed by atoms with Crippen LogP contribution < -0.4 is 5.32 Å². The number of hydrogen-bond acceptors (Lipinski definition) is 1. The number of benzene rings is 1. The summed E-state index contributed by atoms with van der Waals surface area (Å²) in [6, 6.07) is 8.56. The number of hydrogen-bond donors (Lipinski definition) is 1. The zero-order valence-electron chi connectivity index (χ0n) is 12.0. The van der Waals surface area contributed by atoms with Gasteiger partial charge < -0.3 is 5.32 Å². The van der Waals surface area contributed by atoms with Crippen molar-refractivity contribution in [3.8, 4) is 0 Å². The zero-order chi connectivity index (χ0) is 13.5. The van der Waals surface area contributed by atoms with E-state index < -0.39 is 0 Å². The largest absolute Gasteiger partial charge is 0.349 e. The Hall–Kier alpha value is -1.31. The van der Waals surface area contributed by atoms with Gasteiger partial charge in [0.15, 0.2) is 0 Å². The standard InChI is InChI=1S/C16H25NO/c1-5-7-12(3)16(18)17-13(4)15-10-8-14(6-2)9-11-15/h8-13H,5-7H2,1-4H3,(H,17,18). The predicted octanol–water partition coefficient (Wildman–Crippen LogP) is 3.86. The highest BCUT2D eigenvalue weighted by atomic mass is 16.1. The van der Waals surface area contributed by atoms with Gasteiger partial charge in [0.2, 0.25) is 5.91 Å². The quantitative estimate of drug-likeness (QED) is 0.812. The Morgan fingerprint density at radius 2 is 1.78 bits per heavy atom. The summed E-state index contributed by atoms with van der Waals surface area (Å²) >= 11 is 0. The second kappa shape index (κ2) is 7.20. The van der Waals surface area contributed by atoms with Crippen molar-refractivity contribution in [2.75, 3.05) is 0 Å². The summed E-state index contributed by atoms with van der Waals surface area (Å²) < 4.78 is 0. The first kappa shape index (κ1) is 14.7. The molecule has 2 heteroatoms. The molecule has 0 saturated carbocycles. The number of aryl methyl sites for hydroxylation is 1. The summed E-state index contributed by atoms with van der Waals surface area (Å²) in [5.41, 5.74) is 2.50. The van der Waals surface area contributed by atoms with Crippen molar-refractivity contribution in [3.63, 3.8) is 0 Å². The van der Waals surface area contributed by atoms with Crippen molar-refractivity contribution >= 4 is 5.91 Å². The van der Waals surface area contributed by atoms with Crippen LogP contribution in [0.5, 0.6) is 0 Å². The van der Waals surface area contributed by atoms with Gasteiger partial charge in [0.05, 0.1) is 6.04 Å². The van der Waals surface area contributed by atoms with Crippen LogP contribution in [-0.4, -0.2) is 5.91 Å². The SMILES string of the molecule is CCCC(C)C(=O)NC(C)c1ccc(CC)cc1. The minimum atomic E-state index is 0.0858. The van der Waals surface area contributed by atoms with Gasteiger partial charge in [0.1, 0.15) is 0 Å². The summed E-state index contributed by atoms with van der Waals surface area (Å²) in [5, 5.41) is 3.08. The van der Waals surface area contributed by atoms with Crippen LogP contribution >= 0.6 is 0 Å². The zero-order valence-corrected chi connectivity index (χ0v) is 12.0. The maximum absolute atomic E-state index is 11.9. The van der Waals surface area contributed by atoms with Crippen molar-refractivity contribution in [1.82, 2.24) is 5.32 Å². The molecule has 0 fully saturated rings. The van der Waals surface area contributed by atoms with Gasteiger partial charge in [-0.25, -0.2) is 0 Å². The van der Waals surface area contributed by atoms with E-state index in [-0.39, 0.29) is 17.9 Å². The maximum Gasteiger partial charge on any atom is 0.223 e. The third kappa shape index (κ3) is 4.17. The van der Waals surface area contributed by atoms with Gasteiger partial charge in [0.25, 0.3) is 0 Å². The Labute approximate surface area is 111 Å². The van der Waals surface area contributed by atoms with Gasteiger partial charge in [0, 0.05) is 5.92 Å². The molecule has 100 valence electrons. The molecule has 0 saturated heterocycles. The van der Waals surface area contributed by atoms with Gasteiger partial charge >= 0.3 is 0 Å². The van der Waals surface area contributed by atoms with Crippen LogP contribution in [0.2, 0.25) is 0 Å². The van der Waals surface area contributed by atoms with Crippen LogP contribution in [0.1, 0.15) is 57.7 Å². The fourth-order valence-corrected chi connectivity index (χ4v) is 2.05. The third-order valence-corrected chi connectivity index (χ3v) is 3.42. The number of amides is 1. The molecule has 0 aliphatic rings. The minimum absolute atomic E-state index is 0.0858. The smallest absolute Gasteiger partial charge is 0.223 e. The van der Waals surface area contributed by atoms with E-state index in [2.05, 4.69) is 43.4 Å². The van der Waals surface area contributed by atoms with Crippen molar-refractivity contribution in [2.45, 2.75) is 53.0 Å². The molecule has 0 radical (unpaired) electrons. The first-order valence-corrected chi connectivity index (χ1v) is 6.97.